The van der Waals surface area contributed by atoms with Crippen molar-refractivity contribution in [3.63, 3.8) is 0 Å². The molecule has 4 rings (SSSR count). The Labute approximate surface area is 182 Å². The van der Waals surface area contributed by atoms with Crippen LogP contribution in [0.25, 0.3) is 10.2 Å². The molecule has 0 aliphatic carbocycles. The van der Waals surface area contributed by atoms with Crippen molar-refractivity contribution in [1.29, 1.82) is 0 Å². The highest BCUT2D eigenvalue weighted by atomic mass is 32.1. The number of carbonyl (C=O) groups is 1. The summed E-state index contributed by atoms with van der Waals surface area (Å²) in [5, 5.41) is 0.495. The van der Waals surface area contributed by atoms with Crippen molar-refractivity contribution in [2.75, 3.05) is 12.0 Å². The number of carbonyl (C=O) groups excluding carboxylic acids is 1. The van der Waals surface area contributed by atoms with Gasteiger partial charge in [-0.2, -0.15) is 0 Å². The van der Waals surface area contributed by atoms with Gasteiger partial charge in [0.25, 0.3) is 11.5 Å². The minimum absolute atomic E-state index is 0.244. The number of hydrogen-bond donors (Lipinski definition) is 1. The van der Waals surface area contributed by atoms with Gasteiger partial charge < -0.3 is 9.47 Å². The Balaban J connectivity index is 1.34. The van der Waals surface area contributed by atoms with Crippen LogP contribution in [0.5, 0.6) is 17.2 Å². The minimum atomic E-state index is -0.464. The van der Waals surface area contributed by atoms with Gasteiger partial charge in [-0.15, -0.1) is 11.3 Å². The van der Waals surface area contributed by atoms with Gasteiger partial charge in [0.2, 0.25) is 0 Å². The summed E-state index contributed by atoms with van der Waals surface area (Å²) in [6.45, 7) is 3.79. The average molecular weight is 436 g/mol. The maximum absolute atomic E-state index is 12.5. The Hall–Kier alpha value is -3.65. The molecule has 0 saturated carbocycles. The molecule has 4 aromatic rings. The number of nitrogens with one attached hydrogen (secondary N) is 1. The number of thiophene rings is 1. The van der Waals surface area contributed by atoms with Crippen molar-refractivity contribution in [1.82, 2.24) is 9.66 Å². The molecule has 2 aromatic carbocycles. The Kier molecular flexibility index (Phi) is 5.99. The number of aryl methyl sites for hydroxylation is 2. The fourth-order valence-corrected chi connectivity index (χ4v) is 3.81. The van der Waals surface area contributed by atoms with E-state index in [1.807, 2.05) is 44.2 Å². The largest absolute Gasteiger partial charge is 0.484 e. The molecule has 8 heteroatoms. The standard InChI is InChI=1S/C23H21N3O4S/c1-3-19-12-20-22(31-19)24-14-26(23(20)28)25-21(27)13-29-16-8-10-18(11-9-16)30-17-6-4-15(2)5-7-17/h4-12,14H,3,13H2,1-2H3,(H,25,27). The van der Waals surface area contributed by atoms with E-state index in [-0.39, 0.29) is 12.2 Å². The number of nitrogens with zero attached hydrogens (tertiary/aromatic N) is 2. The molecule has 1 N–H and O–H groups in total. The van der Waals surface area contributed by atoms with Gasteiger partial charge in [-0.1, -0.05) is 24.6 Å². The molecule has 158 valence electrons. The van der Waals surface area contributed by atoms with E-state index in [0.717, 1.165) is 27.3 Å². The summed E-state index contributed by atoms with van der Waals surface area (Å²) in [6.07, 6.45) is 2.14. The number of hydrogen-bond acceptors (Lipinski definition) is 6. The molecule has 7 nitrogen and oxygen atoms in total. The molecule has 0 atom stereocenters. The maximum atomic E-state index is 12.5. The van der Waals surface area contributed by atoms with E-state index >= 15 is 0 Å². The van der Waals surface area contributed by atoms with Gasteiger partial charge in [-0.25, -0.2) is 9.66 Å². The molecule has 0 saturated heterocycles. The van der Waals surface area contributed by atoms with Crippen molar-refractivity contribution in [3.05, 3.63) is 81.7 Å². The minimum Gasteiger partial charge on any atom is -0.484 e. The Morgan fingerprint density at radius 1 is 1.06 bits per heavy atom. The molecule has 0 aliphatic rings. The van der Waals surface area contributed by atoms with Gasteiger partial charge in [0.05, 0.1) is 5.39 Å². The van der Waals surface area contributed by atoms with E-state index in [1.54, 1.807) is 24.3 Å². The summed E-state index contributed by atoms with van der Waals surface area (Å²) in [4.78, 5) is 30.7. The highest BCUT2D eigenvalue weighted by Crippen LogP contribution is 2.24. The maximum Gasteiger partial charge on any atom is 0.280 e. The lowest BCUT2D eigenvalue weighted by molar-refractivity contribution is -0.119. The third kappa shape index (κ3) is 4.92. The second-order valence-electron chi connectivity index (χ2n) is 6.91. The molecule has 0 fully saturated rings. The number of fused-ring (bicyclic) bond motifs is 1. The second kappa shape index (κ2) is 9.01. The van der Waals surface area contributed by atoms with E-state index in [1.165, 1.54) is 17.7 Å². The summed E-state index contributed by atoms with van der Waals surface area (Å²) in [6, 6.07) is 16.5. The number of amides is 1. The first-order valence-corrected chi connectivity index (χ1v) is 10.6. The molecule has 31 heavy (non-hydrogen) atoms. The van der Waals surface area contributed by atoms with Crippen LogP contribution in [0.3, 0.4) is 0 Å². The zero-order valence-electron chi connectivity index (χ0n) is 17.1. The molecule has 0 aliphatic heterocycles. The van der Waals surface area contributed by atoms with Crippen LogP contribution in [-0.4, -0.2) is 22.2 Å². The summed E-state index contributed by atoms with van der Waals surface area (Å²) in [5.41, 5.74) is 3.35. The van der Waals surface area contributed by atoms with Gasteiger partial charge in [-0.3, -0.25) is 15.0 Å². The number of ether oxygens (including phenoxy) is 2. The van der Waals surface area contributed by atoms with Gasteiger partial charge in [0.1, 0.15) is 28.4 Å². The number of benzene rings is 2. The SMILES string of the molecule is CCc1cc2c(=O)n(NC(=O)COc3ccc(Oc4ccc(C)cc4)cc3)cnc2s1. The monoisotopic (exact) mass is 435 g/mol. The average Bonchev–Trinajstić information content (AvgIpc) is 3.21. The number of aromatic nitrogens is 2. The molecular weight excluding hydrogens is 414 g/mol. The van der Waals surface area contributed by atoms with Gasteiger partial charge in [0.15, 0.2) is 6.61 Å². The second-order valence-corrected chi connectivity index (χ2v) is 8.03. The van der Waals surface area contributed by atoms with E-state index in [4.69, 9.17) is 9.47 Å². The van der Waals surface area contributed by atoms with Crippen LogP contribution in [0.2, 0.25) is 0 Å². The summed E-state index contributed by atoms with van der Waals surface area (Å²) in [5.74, 6) is 1.45. The van der Waals surface area contributed by atoms with Crippen LogP contribution in [0.4, 0.5) is 0 Å². The first-order valence-electron chi connectivity index (χ1n) is 9.79. The Bertz CT molecular complexity index is 1260. The first kappa shape index (κ1) is 20.6. The van der Waals surface area contributed by atoms with Crippen LogP contribution >= 0.6 is 11.3 Å². The van der Waals surface area contributed by atoms with Crippen LogP contribution in [0.15, 0.2) is 65.7 Å². The molecule has 2 heterocycles. The third-order valence-electron chi connectivity index (χ3n) is 4.55. The summed E-state index contributed by atoms with van der Waals surface area (Å²) >= 11 is 1.48. The van der Waals surface area contributed by atoms with Crippen molar-refractivity contribution in [2.45, 2.75) is 20.3 Å². The molecule has 0 radical (unpaired) electrons. The fraction of sp³-hybridized carbons (Fsp3) is 0.174. The Morgan fingerprint density at radius 3 is 2.39 bits per heavy atom. The quantitative estimate of drug-likeness (QED) is 0.469. The lowest BCUT2D eigenvalue weighted by Crippen LogP contribution is -2.35. The summed E-state index contributed by atoms with van der Waals surface area (Å²) in [7, 11) is 0. The predicted molar refractivity (Wildman–Crippen MR) is 121 cm³/mol. The zero-order valence-corrected chi connectivity index (χ0v) is 17.9. The molecule has 0 unspecified atom stereocenters. The normalized spacial score (nSPS) is 10.8. The van der Waals surface area contributed by atoms with E-state index in [0.29, 0.717) is 21.7 Å². The smallest absolute Gasteiger partial charge is 0.280 e. The lowest BCUT2D eigenvalue weighted by Gasteiger charge is -2.10. The molecular formula is C23H21N3O4S. The topological polar surface area (TPSA) is 82.5 Å². The molecule has 0 spiro atoms. The highest BCUT2D eigenvalue weighted by Gasteiger charge is 2.11. The third-order valence-corrected chi connectivity index (χ3v) is 5.73. The van der Waals surface area contributed by atoms with E-state index in [9.17, 15) is 9.59 Å². The lowest BCUT2D eigenvalue weighted by atomic mass is 10.2. The molecule has 2 aromatic heterocycles. The van der Waals surface area contributed by atoms with Crippen molar-refractivity contribution >= 4 is 27.5 Å². The zero-order chi connectivity index (χ0) is 21.8. The number of rotatable bonds is 7. The Morgan fingerprint density at radius 2 is 1.71 bits per heavy atom. The molecule has 1 amide bonds. The fourth-order valence-electron chi connectivity index (χ4n) is 2.89. The van der Waals surface area contributed by atoms with E-state index in [2.05, 4.69) is 10.4 Å². The first-order chi connectivity index (χ1) is 15.0. The highest BCUT2D eigenvalue weighted by molar-refractivity contribution is 7.18. The van der Waals surface area contributed by atoms with Gasteiger partial charge in [-0.05, 0) is 55.8 Å². The van der Waals surface area contributed by atoms with Crippen molar-refractivity contribution in [3.8, 4) is 17.2 Å². The van der Waals surface area contributed by atoms with Crippen molar-refractivity contribution in [2.24, 2.45) is 0 Å². The van der Waals surface area contributed by atoms with Gasteiger partial charge in [0, 0.05) is 4.88 Å². The predicted octanol–water partition coefficient (Wildman–Crippen LogP) is 4.27. The van der Waals surface area contributed by atoms with Crippen molar-refractivity contribution < 1.29 is 14.3 Å². The summed E-state index contributed by atoms with van der Waals surface area (Å²) < 4.78 is 12.4. The van der Waals surface area contributed by atoms with Crippen LogP contribution in [-0.2, 0) is 11.2 Å². The van der Waals surface area contributed by atoms with Gasteiger partial charge >= 0.3 is 0 Å². The molecule has 0 bridgehead atoms. The van der Waals surface area contributed by atoms with E-state index < -0.39 is 5.91 Å². The van der Waals surface area contributed by atoms with Crippen LogP contribution in [0, 0.1) is 6.92 Å². The van der Waals surface area contributed by atoms with Crippen LogP contribution in [0.1, 0.15) is 17.4 Å². The van der Waals surface area contributed by atoms with Crippen LogP contribution < -0.4 is 20.5 Å².